The van der Waals surface area contributed by atoms with E-state index in [0.717, 1.165) is 0 Å². The number of hydrogen-bond donors (Lipinski definition) is 0. The van der Waals surface area contributed by atoms with E-state index in [2.05, 4.69) is 31.2 Å². The van der Waals surface area contributed by atoms with E-state index in [9.17, 15) is 0 Å². The second-order valence-electron chi connectivity index (χ2n) is 3.80. The number of aromatic nitrogens is 4. The minimum atomic E-state index is 0.0706. The van der Waals surface area contributed by atoms with Gasteiger partial charge in [-0.3, -0.25) is 0 Å². The highest BCUT2D eigenvalue weighted by Crippen LogP contribution is 2.19. The molecule has 0 aliphatic rings. The van der Waals surface area contributed by atoms with Gasteiger partial charge in [0, 0.05) is 24.8 Å². The minimum absolute atomic E-state index is 0.0706. The molecule has 0 bridgehead atoms. The number of benzene rings is 1. The second-order valence-corrected chi connectivity index (χ2v) is 3.80. The zero-order chi connectivity index (χ0) is 11.5. The third-order valence-electron chi connectivity index (χ3n) is 2.71. The van der Waals surface area contributed by atoms with Crippen LogP contribution in [0.1, 0.15) is 11.7 Å². The monoisotopic (exact) mass is 224 g/mol. The van der Waals surface area contributed by atoms with Crippen LogP contribution in [0, 0.1) is 0 Å². The normalized spacial score (nSPS) is 10.9. The van der Waals surface area contributed by atoms with Crippen LogP contribution in [0.5, 0.6) is 0 Å². The highest BCUT2D eigenvalue weighted by molar-refractivity contribution is 5.20. The summed E-state index contributed by atoms with van der Waals surface area (Å²) in [5.74, 6) is 0. The quantitative estimate of drug-likeness (QED) is 0.683. The van der Waals surface area contributed by atoms with Crippen LogP contribution in [0.4, 0.5) is 0 Å². The molecule has 0 saturated heterocycles. The summed E-state index contributed by atoms with van der Waals surface area (Å²) in [6.07, 6.45) is 11.2. The SMILES string of the molecule is c1ccc(C(n2ccnc2)n2ccnc2)cc1. The van der Waals surface area contributed by atoms with Crippen LogP contribution < -0.4 is 0 Å². The zero-order valence-electron chi connectivity index (χ0n) is 9.22. The van der Waals surface area contributed by atoms with Gasteiger partial charge in [0.25, 0.3) is 0 Å². The molecule has 0 aliphatic heterocycles. The van der Waals surface area contributed by atoms with E-state index in [1.807, 2.05) is 43.2 Å². The second kappa shape index (κ2) is 4.25. The molecular weight excluding hydrogens is 212 g/mol. The van der Waals surface area contributed by atoms with Crippen LogP contribution in [0.15, 0.2) is 67.8 Å². The van der Waals surface area contributed by atoms with Crippen molar-refractivity contribution in [3.8, 4) is 0 Å². The highest BCUT2D eigenvalue weighted by Gasteiger charge is 2.13. The van der Waals surface area contributed by atoms with Gasteiger partial charge in [-0.1, -0.05) is 30.3 Å². The molecule has 1 aromatic carbocycles. The molecule has 0 atom stereocenters. The molecule has 0 fully saturated rings. The van der Waals surface area contributed by atoms with Crippen LogP contribution >= 0.6 is 0 Å². The Morgan fingerprint density at radius 2 is 1.41 bits per heavy atom. The summed E-state index contributed by atoms with van der Waals surface area (Å²) in [6, 6.07) is 10.3. The fraction of sp³-hybridized carbons (Fsp3) is 0.0769. The standard InChI is InChI=1S/C13H12N4/c1-2-4-12(5-3-1)13(16-8-6-14-10-16)17-9-7-15-11-17/h1-11,13H. The average molecular weight is 224 g/mol. The lowest BCUT2D eigenvalue weighted by molar-refractivity contribution is 0.502. The molecule has 4 heteroatoms. The first-order valence-electron chi connectivity index (χ1n) is 5.45. The van der Waals surface area contributed by atoms with Crippen molar-refractivity contribution < 1.29 is 0 Å². The van der Waals surface area contributed by atoms with Crippen molar-refractivity contribution >= 4 is 0 Å². The Morgan fingerprint density at radius 1 is 0.824 bits per heavy atom. The Morgan fingerprint density at radius 3 is 1.88 bits per heavy atom. The van der Waals surface area contributed by atoms with Crippen molar-refractivity contribution in [2.75, 3.05) is 0 Å². The molecule has 0 saturated carbocycles. The largest absolute Gasteiger partial charge is 0.312 e. The summed E-state index contributed by atoms with van der Waals surface area (Å²) < 4.78 is 4.11. The highest BCUT2D eigenvalue weighted by atomic mass is 15.2. The molecule has 4 nitrogen and oxygen atoms in total. The van der Waals surface area contributed by atoms with Crippen molar-refractivity contribution in [1.82, 2.24) is 19.1 Å². The summed E-state index contributed by atoms with van der Waals surface area (Å²) in [7, 11) is 0. The topological polar surface area (TPSA) is 35.6 Å². The molecule has 17 heavy (non-hydrogen) atoms. The Kier molecular flexibility index (Phi) is 2.46. The summed E-state index contributed by atoms with van der Waals surface area (Å²) in [5, 5.41) is 0. The molecule has 0 N–H and O–H groups in total. The number of rotatable bonds is 3. The maximum atomic E-state index is 4.11. The summed E-state index contributed by atoms with van der Waals surface area (Å²) in [4.78, 5) is 8.22. The third kappa shape index (κ3) is 1.85. The predicted octanol–water partition coefficient (Wildman–Crippen LogP) is 2.17. The van der Waals surface area contributed by atoms with Crippen LogP contribution in [0.2, 0.25) is 0 Å². The van der Waals surface area contributed by atoms with Crippen LogP contribution in [-0.2, 0) is 0 Å². The van der Waals surface area contributed by atoms with Gasteiger partial charge >= 0.3 is 0 Å². The fourth-order valence-corrected chi connectivity index (χ4v) is 1.95. The van der Waals surface area contributed by atoms with E-state index in [1.165, 1.54) is 5.56 Å². The smallest absolute Gasteiger partial charge is 0.137 e. The van der Waals surface area contributed by atoms with Crippen molar-refractivity contribution in [2.24, 2.45) is 0 Å². The summed E-state index contributed by atoms with van der Waals surface area (Å²) in [5.41, 5.74) is 1.20. The van der Waals surface area contributed by atoms with Crippen molar-refractivity contribution in [3.63, 3.8) is 0 Å². The Bertz CT molecular complexity index is 521. The predicted molar refractivity (Wildman–Crippen MR) is 64.4 cm³/mol. The van der Waals surface area contributed by atoms with Gasteiger partial charge in [-0.05, 0) is 5.56 Å². The average Bonchev–Trinajstić information content (AvgIpc) is 3.04. The molecule has 2 aromatic heterocycles. The van der Waals surface area contributed by atoms with Gasteiger partial charge in [0.15, 0.2) is 0 Å². The number of imidazole rings is 2. The lowest BCUT2D eigenvalue weighted by atomic mass is 10.1. The number of nitrogens with zero attached hydrogens (tertiary/aromatic N) is 4. The lowest BCUT2D eigenvalue weighted by Gasteiger charge is -2.20. The van der Waals surface area contributed by atoms with Crippen LogP contribution in [0.3, 0.4) is 0 Å². The van der Waals surface area contributed by atoms with Crippen LogP contribution in [0.25, 0.3) is 0 Å². The molecule has 0 amide bonds. The fourth-order valence-electron chi connectivity index (χ4n) is 1.95. The van der Waals surface area contributed by atoms with Crippen molar-refractivity contribution in [3.05, 3.63) is 73.3 Å². The maximum Gasteiger partial charge on any atom is 0.137 e. The van der Waals surface area contributed by atoms with Gasteiger partial charge < -0.3 is 9.13 Å². The lowest BCUT2D eigenvalue weighted by Crippen LogP contribution is -2.16. The zero-order valence-corrected chi connectivity index (χ0v) is 9.22. The Hall–Kier alpha value is -2.36. The summed E-state index contributed by atoms with van der Waals surface area (Å²) >= 11 is 0. The van der Waals surface area contributed by atoms with E-state index in [-0.39, 0.29) is 6.17 Å². The maximum absolute atomic E-state index is 4.11. The number of hydrogen-bond acceptors (Lipinski definition) is 2. The van der Waals surface area contributed by atoms with Crippen LogP contribution in [-0.4, -0.2) is 19.1 Å². The Balaban J connectivity index is 2.10. The van der Waals surface area contributed by atoms with Crippen molar-refractivity contribution in [1.29, 1.82) is 0 Å². The van der Waals surface area contributed by atoms with Gasteiger partial charge in [0.05, 0.1) is 12.7 Å². The Labute approximate surface area is 99.2 Å². The van der Waals surface area contributed by atoms with E-state index in [4.69, 9.17) is 0 Å². The molecule has 0 unspecified atom stereocenters. The van der Waals surface area contributed by atoms with Gasteiger partial charge in [0.2, 0.25) is 0 Å². The van der Waals surface area contributed by atoms with E-state index >= 15 is 0 Å². The van der Waals surface area contributed by atoms with Gasteiger partial charge in [-0.25, -0.2) is 9.97 Å². The molecule has 3 rings (SSSR count). The van der Waals surface area contributed by atoms with Gasteiger partial charge in [-0.2, -0.15) is 0 Å². The molecule has 84 valence electrons. The molecule has 0 radical (unpaired) electrons. The third-order valence-corrected chi connectivity index (χ3v) is 2.71. The van der Waals surface area contributed by atoms with E-state index in [0.29, 0.717) is 0 Å². The minimum Gasteiger partial charge on any atom is -0.312 e. The van der Waals surface area contributed by atoms with Gasteiger partial charge in [0.1, 0.15) is 6.17 Å². The molecule has 2 heterocycles. The molecule has 0 aliphatic carbocycles. The molecule has 0 spiro atoms. The molecular formula is C13H12N4. The van der Waals surface area contributed by atoms with E-state index in [1.54, 1.807) is 12.4 Å². The summed E-state index contributed by atoms with van der Waals surface area (Å²) in [6.45, 7) is 0. The van der Waals surface area contributed by atoms with Gasteiger partial charge in [-0.15, -0.1) is 0 Å². The van der Waals surface area contributed by atoms with E-state index < -0.39 is 0 Å². The van der Waals surface area contributed by atoms with Crippen molar-refractivity contribution in [2.45, 2.75) is 6.17 Å². The first kappa shape index (κ1) is 9.84. The molecule has 3 aromatic rings. The first-order valence-corrected chi connectivity index (χ1v) is 5.45. The first-order chi connectivity index (χ1) is 8.45.